The highest BCUT2D eigenvalue weighted by Crippen LogP contribution is 2.20. The number of benzene rings is 1. The van der Waals surface area contributed by atoms with E-state index < -0.39 is 24.1 Å². The predicted molar refractivity (Wildman–Crippen MR) is 140 cm³/mol. The van der Waals surface area contributed by atoms with Gasteiger partial charge in [-0.25, -0.2) is 9.79 Å². The number of carboxylic acid groups (broad SMARTS) is 1. The zero-order chi connectivity index (χ0) is 29.5. The van der Waals surface area contributed by atoms with E-state index in [0.717, 1.165) is 11.3 Å². The number of nitrogens with one attached hydrogen (secondary N) is 6. The van der Waals surface area contributed by atoms with Crippen molar-refractivity contribution >= 4 is 29.4 Å². The van der Waals surface area contributed by atoms with Gasteiger partial charge >= 0.3 is 5.97 Å². The molecule has 0 saturated carbocycles. The van der Waals surface area contributed by atoms with Crippen LogP contribution in [-0.2, 0) is 9.59 Å². The summed E-state index contributed by atoms with van der Waals surface area (Å²) in [5.41, 5.74) is 14.2. The van der Waals surface area contributed by atoms with Crippen molar-refractivity contribution in [1.82, 2.24) is 21.3 Å². The molecule has 1 aromatic carbocycles. The number of aliphatic hydroxyl groups excluding tert-OH is 1. The zero-order valence-electron chi connectivity index (χ0n) is 21.3. The molecule has 1 aromatic rings. The molecule has 40 heavy (non-hydrogen) atoms. The van der Waals surface area contributed by atoms with Crippen LogP contribution < -0.4 is 38.2 Å². The Labute approximate surface area is 227 Å². The van der Waals surface area contributed by atoms with Crippen LogP contribution in [0.4, 0.5) is 5.69 Å². The van der Waals surface area contributed by atoms with Gasteiger partial charge in [0.2, 0.25) is 5.91 Å². The third-order valence-corrected chi connectivity index (χ3v) is 5.35. The Morgan fingerprint density at radius 1 is 1.23 bits per heavy atom. The van der Waals surface area contributed by atoms with Crippen molar-refractivity contribution in [3.63, 3.8) is 0 Å². The minimum absolute atomic E-state index is 0.00741. The molecule has 0 aliphatic carbocycles. The third kappa shape index (κ3) is 9.78. The van der Waals surface area contributed by atoms with Crippen molar-refractivity contribution in [2.75, 3.05) is 25.5 Å². The SMILES string of the molecule is CNC(=O)CCC(NC(=O)c1ccc(NCC2=CC3=C(O)NC(N)=NC3NC2)cc1)C(=O)O.N=N/N=N/N=N/N. The number of carbonyl (C=O) groups is 3. The standard InChI is InChI=1S/C21H27N7O5.H3N7/c1-23-16(29)7-6-15(20(32)33)26-18(30)12-2-4-13(5-3-12)24-9-11-8-14-17(25-10-11)27-21(22)28-19(14)31;1-3-5-7-6-4-2/h2-5,8,15,17,24-25,31H,6-7,9-10H2,1H3,(H,23,29)(H,26,30)(H,32,33)(H3,22,27,28);(H3,1,2,5,6). The molecule has 0 spiro atoms. The van der Waals surface area contributed by atoms with Gasteiger partial charge < -0.3 is 37.7 Å². The second-order valence-electron chi connectivity index (χ2n) is 8.02. The molecule has 12 N–H and O–H groups in total. The van der Waals surface area contributed by atoms with Crippen molar-refractivity contribution in [2.24, 2.45) is 42.7 Å². The Morgan fingerprint density at radius 2 is 1.95 bits per heavy atom. The molecular formula is C21H30N14O5. The number of nitrogens with two attached hydrogens (primary N) is 2. The molecule has 2 aliphatic rings. The molecule has 2 heterocycles. The highest BCUT2D eigenvalue weighted by atomic mass is 16.4. The van der Waals surface area contributed by atoms with Gasteiger partial charge in [-0.3, -0.25) is 20.2 Å². The fourth-order valence-corrected chi connectivity index (χ4v) is 3.39. The molecule has 0 fully saturated rings. The van der Waals surface area contributed by atoms with Gasteiger partial charge in [0.05, 0.1) is 5.57 Å². The van der Waals surface area contributed by atoms with E-state index >= 15 is 0 Å². The van der Waals surface area contributed by atoms with Crippen LogP contribution in [0.1, 0.15) is 23.2 Å². The molecule has 0 saturated heterocycles. The summed E-state index contributed by atoms with van der Waals surface area (Å²) in [4.78, 5) is 39.3. The lowest BCUT2D eigenvalue weighted by Gasteiger charge is -2.28. The number of aliphatic hydroxyl groups is 1. The number of hydrogen-bond acceptors (Lipinski definition) is 11. The van der Waals surface area contributed by atoms with E-state index in [1.807, 2.05) is 6.08 Å². The normalized spacial score (nSPS) is 16.9. The number of nitrogens with zero attached hydrogens (tertiary/aromatic N) is 6. The molecule has 0 aromatic heterocycles. The fourth-order valence-electron chi connectivity index (χ4n) is 3.39. The monoisotopic (exact) mass is 558 g/mol. The summed E-state index contributed by atoms with van der Waals surface area (Å²) in [5.74, 6) is 2.54. The maximum Gasteiger partial charge on any atom is 0.326 e. The lowest BCUT2D eigenvalue weighted by molar-refractivity contribution is -0.139. The van der Waals surface area contributed by atoms with Crippen LogP contribution in [0.5, 0.6) is 0 Å². The van der Waals surface area contributed by atoms with Crippen LogP contribution in [0, 0.1) is 5.53 Å². The molecule has 2 unspecified atom stereocenters. The number of fused-ring (bicyclic) bond motifs is 1. The first kappa shape index (κ1) is 30.8. The van der Waals surface area contributed by atoms with Gasteiger partial charge in [-0.1, -0.05) is 5.22 Å². The number of aliphatic carboxylic acids is 1. The first-order chi connectivity index (χ1) is 19.2. The lowest BCUT2D eigenvalue weighted by atomic mass is 10.0. The van der Waals surface area contributed by atoms with Gasteiger partial charge in [-0.15, -0.1) is 0 Å². The van der Waals surface area contributed by atoms with Crippen LogP contribution in [0.15, 0.2) is 78.5 Å². The maximum atomic E-state index is 12.4. The number of hydrogen-bond donors (Lipinski definition) is 10. The Bertz CT molecular complexity index is 1220. The lowest BCUT2D eigenvalue weighted by Crippen LogP contribution is -2.45. The second kappa shape index (κ2) is 15.7. The number of aliphatic imine (C=N–C) groups is 1. The van der Waals surface area contributed by atoms with Gasteiger partial charge in [0.25, 0.3) is 5.91 Å². The average Bonchev–Trinajstić information content (AvgIpc) is 2.94. The fraction of sp³-hybridized carbons (Fsp3) is 0.333. The van der Waals surface area contributed by atoms with Crippen LogP contribution in [0.25, 0.3) is 0 Å². The van der Waals surface area contributed by atoms with Gasteiger partial charge in [-0.05, 0) is 63.2 Å². The van der Waals surface area contributed by atoms with E-state index in [1.165, 1.54) is 7.05 Å². The molecule has 2 atom stereocenters. The quantitative estimate of drug-likeness (QED) is 0.0982. The van der Waals surface area contributed by atoms with E-state index in [0.29, 0.717) is 24.2 Å². The Hall–Kier alpha value is -5.46. The molecule has 3 rings (SSSR count). The van der Waals surface area contributed by atoms with Crippen LogP contribution in [0.2, 0.25) is 0 Å². The van der Waals surface area contributed by atoms with E-state index in [4.69, 9.17) is 11.3 Å². The topological polar surface area (TPSA) is 302 Å². The first-order valence-corrected chi connectivity index (χ1v) is 11.6. The molecule has 2 aliphatic heterocycles. The van der Waals surface area contributed by atoms with E-state index in [9.17, 15) is 24.6 Å². The summed E-state index contributed by atoms with van der Waals surface area (Å²) in [6.45, 7) is 1.04. The molecular weight excluding hydrogens is 528 g/mol. The minimum atomic E-state index is -1.20. The summed E-state index contributed by atoms with van der Waals surface area (Å²) in [5, 5.41) is 46.7. The third-order valence-electron chi connectivity index (χ3n) is 5.35. The van der Waals surface area contributed by atoms with Crippen LogP contribution in [-0.4, -0.2) is 66.3 Å². The van der Waals surface area contributed by atoms with E-state index in [1.54, 1.807) is 24.3 Å². The molecule has 0 bridgehead atoms. The number of carbonyl (C=O) groups excluding carboxylic acids is 2. The van der Waals surface area contributed by atoms with Crippen molar-refractivity contribution in [2.45, 2.75) is 25.0 Å². The van der Waals surface area contributed by atoms with Crippen LogP contribution >= 0.6 is 0 Å². The van der Waals surface area contributed by atoms with E-state index in [-0.39, 0.29) is 30.6 Å². The first-order valence-electron chi connectivity index (χ1n) is 11.6. The van der Waals surface area contributed by atoms with Crippen LogP contribution in [0.3, 0.4) is 0 Å². The van der Waals surface area contributed by atoms with Gasteiger partial charge in [0, 0.05) is 37.8 Å². The van der Waals surface area contributed by atoms with Gasteiger partial charge in [0.15, 0.2) is 11.8 Å². The number of anilines is 1. The molecule has 214 valence electrons. The minimum Gasteiger partial charge on any atom is -0.494 e. The van der Waals surface area contributed by atoms with Crippen molar-refractivity contribution < 1.29 is 24.6 Å². The van der Waals surface area contributed by atoms with Gasteiger partial charge in [-0.2, -0.15) is 5.53 Å². The zero-order valence-corrected chi connectivity index (χ0v) is 21.3. The highest BCUT2D eigenvalue weighted by molar-refractivity contribution is 5.97. The number of carboxylic acids is 1. The summed E-state index contributed by atoms with van der Waals surface area (Å²) < 4.78 is 0. The summed E-state index contributed by atoms with van der Waals surface area (Å²) in [6, 6.07) is 5.41. The smallest absolute Gasteiger partial charge is 0.326 e. The van der Waals surface area contributed by atoms with Crippen molar-refractivity contribution in [1.29, 1.82) is 5.53 Å². The van der Waals surface area contributed by atoms with Crippen molar-refractivity contribution in [3.05, 3.63) is 52.9 Å². The Kier molecular flexibility index (Phi) is 12.1. The molecule has 19 nitrogen and oxygen atoms in total. The maximum absolute atomic E-state index is 12.4. The molecule has 0 radical (unpaired) electrons. The molecule has 2 amide bonds. The van der Waals surface area contributed by atoms with E-state index in [2.05, 4.69) is 63.5 Å². The highest BCUT2D eigenvalue weighted by Gasteiger charge is 2.25. The van der Waals surface area contributed by atoms with Crippen molar-refractivity contribution in [3.8, 4) is 0 Å². The van der Waals surface area contributed by atoms with Gasteiger partial charge in [0.1, 0.15) is 12.2 Å². The summed E-state index contributed by atoms with van der Waals surface area (Å²) >= 11 is 0. The Balaban J connectivity index is 0.000000708. The average molecular weight is 559 g/mol. The number of guanidine groups is 1. The summed E-state index contributed by atoms with van der Waals surface area (Å²) in [7, 11) is 1.46. The predicted octanol–water partition coefficient (Wildman–Crippen LogP) is -0.0236. The summed E-state index contributed by atoms with van der Waals surface area (Å²) in [6.07, 6.45) is 1.44. The molecule has 19 heteroatoms. The second-order valence-corrected chi connectivity index (χ2v) is 8.02. The largest absolute Gasteiger partial charge is 0.494 e. The number of amides is 2. The Morgan fingerprint density at radius 3 is 2.58 bits per heavy atom. The number of rotatable bonds is 11.